The molecule has 0 amide bonds. The summed E-state index contributed by atoms with van der Waals surface area (Å²) in [6.07, 6.45) is 1.19. The zero-order valence-corrected chi connectivity index (χ0v) is 4.77. The third kappa shape index (κ3) is 0.822. The van der Waals surface area contributed by atoms with Crippen molar-refractivity contribution < 1.29 is 24.5 Å². The van der Waals surface area contributed by atoms with Crippen molar-refractivity contribution in [2.75, 3.05) is 0 Å². The molecule has 0 bridgehead atoms. The Morgan fingerprint density at radius 1 is 1.70 bits per heavy atom. The lowest BCUT2D eigenvalue weighted by Gasteiger charge is -1.89. The van der Waals surface area contributed by atoms with Crippen LogP contribution in [0.5, 0.6) is 11.5 Å². The normalized spacial score (nSPS) is 9.30. The van der Waals surface area contributed by atoms with Crippen LogP contribution in [0.4, 0.5) is 0 Å². The van der Waals surface area contributed by atoms with Gasteiger partial charge in [-0.1, -0.05) is 0 Å². The van der Waals surface area contributed by atoms with E-state index in [-0.39, 0.29) is 11.5 Å². The molecule has 0 aromatic carbocycles. The highest BCUT2D eigenvalue weighted by Gasteiger charge is 2.13. The zero-order chi connectivity index (χ0) is 7.56. The van der Waals surface area contributed by atoms with Crippen LogP contribution in [0.1, 0.15) is 10.6 Å². The Morgan fingerprint density at radius 3 is 2.80 bits per heavy atom. The third-order valence-electron chi connectivity index (χ3n) is 0.952. The van der Waals surface area contributed by atoms with Crippen LogP contribution in [0.2, 0.25) is 0 Å². The molecule has 0 aliphatic rings. The summed E-state index contributed by atoms with van der Waals surface area (Å²) in [5, 5.41) is 16.8. The summed E-state index contributed by atoms with van der Waals surface area (Å²) in [4.78, 5) is 13.6. The van der Waals surface area contributed by atoms with Gasteiger partial charge in [-0.25, -0.2) is 5.26 Å². The summed E-state index contributed by atoms with van der Waals surface area (Å²) in [5.41, 5.74) is 0. The second-order valence-corrected chi connectivity index (χ2v) is 1.52. The average molecular weight is 144 g/mol. The Labute approximate surface area is 55.4 Å². The molecule has 54 valence electrons. The van der Waals surface area contributed by atoms with Crippen molar-refractivity contribution in [1.29, 1.82) is 0 Å². The van der Waals surface area contributed by atoms with Crippen LogP contribution in [0.3, 0.4) is 0 Å². The smallest absolute Gasteiger partial charge is 0.255 e. The van der Waals surface area contributed by atoms with Crippen molar-refractivity contribution in [2.24, 2.45) is 0 Å². The van der Waals surface area contributed by atoms with Crippen molar-refractivity contribution >= 4 is 6.29 Å². The van der Waals surface area contributed by atoms with Crippen molar-refractivity contribution in [3.63, 3.8) is 0 Å². The van der Waals surface area contributed by atoms with Crippen LogP contribution in [-0.4, -0.2) is 16.6 Å². The highest BCUT2D eigenvalue weighted by molar-refractivity contribution is 5.76. The SMILES string of the molecule is O=Cc1occ(O)c1OO. The van der Waals surface area contributed by atoms with E-state index in [1.807, 2.05) is 0 Å². The number of aromatic hydroxyl groups is 1. The van der Waals surface area contributed by atoms with Crippen molar-refractivity contribution in [3.05, 3.63) is 12.0 Å². The van der Waals surface area contributed by atoms with Gasteiger partial charge in [0.05, 0.1) is 0 Å². The fourth-order valence-corrected chi connectivity index (χ4v) is 0.526. The molecule has 0 atom stereocenters. The van der Waals surface area contributed by atoms with Gasteiger partial charge in [0, 0.05) is 0 Å². The molecule has 2 N–H and O–H groups in total. The van der Waals surface area contributed by atoms with E-state index in [2.05, 4.69) is 9.30 Å². The molecule has 0 saturated carbocycles. The van der Waals surface area contributed by atoms with Crippen molar-refractivity contribution in [1.82, 2.24) is 0 Å². The molecule has 5 heteroatoms. The van der Waals surface area contributed by atoms with E-state index in [1.54, 1.807) is 0 Å². The summed E-state index contributed by atoms with van der Waals surface area (Å²) in [7, 11) is 0. The fraction of sp³-hybridized carbons (Fsp3) is 0. The zero-order valence-electron chi connectivity index (χ0n) is 4.77. The molecule has 0 spiro atoms. The van der Waals surface area contributed by atoms with Crippen LogP contribution in [0.25, 0.3) is 0 Å². The maximum Gasteiger partial charge on any atom is 0.255 e. The molecule has 1 rings (SSSR count). The molecule has 1 aromatic rings. The van der Waals surface area contributed by atoms with Crippen LogP contribution in [0.15, 0.2) is 10.7 Å². The molecule has 0 radical (unpaired) electrons. The quantitative estimate of drug-likeness (QED) is 0.362. The second kappa shape index (κ2) is 2.40. The number of aldehydes is 1. The molecule has 0 fully saturated rings. The van der Waals surface area contributed by atoms with E-state index in [0.29, 0.717) is 6.29 Å². The molecule has 1 heterocycles. The lowest BCUT2D eigenvalue weighted by Crippen LogP contribution is -1.85. The van der Waals surface area contributed by atoms with Gasteiger partial charge in [0.1, 0.15) is 6.26 Å². The Kier molecular flexibility index (Phi) is 1.59. The lowest BCUT2D eigenvalue weighted by atomic mass is 10.4. The van der Waals surface area contributed by atoms with Crippen LogP contribution < -0.4 is 4.89 Å². The molecule has 5 nitrogen and oxygen atoms in total. The number of carbonyl (C=O) groups excluding carboxylic acids is 1. The Hall–Kier alpha value is -1.49. The van der Waals surface area contributed by atoms with E-state index >= 15 is 0 Å². The minimum atomic E-state index is -0.412. The van der Waals surface area contributed by atoms with E-state index in [0.717, 1.165) is 6.26 Å². The van der Waals surface area contributed by atoms with Gasteiger partial charge in [-0.15, -0.1) is 0 Å². The van der Waals surface area contributed by atoms with Gasteiger partial charge in [-0.2, -0.15) is 0 Å². The first kappa shape index (κ1) is 6.63. The first-order valence-electron chi connectivity index (χ1n) is 2.36. The van der Waals surface area contributed by atoms with Gasteiger partial charge < -0.3 is 14.4 Å². The largest absolute Gasteiger partial charge is 0.502 e. The first-order valence-corrected chi connectivity index (χ1v) is 2.36. The van der Waals surface area contributed by atoms with Gasteiger partial charge in [-0.05, 0) is 0 Å². The molecule has 0 aliphatic carbocycles. The van der Waals surface area contributed by atoms with Crippen LogP contribution in [0, 0.1) is 0 Å². The number of hydrogen-bond acceptors (Lipinski definition) is 5. The molecular weight excluding hydrogens is 140 g/mol. The standard InChI is InChI=1S/C5H4O5/c6-1-4-5(10-8)3(7)2-9-4/h1-2,7-8H. The number of hydrogen-bond donors (Lipinski definition) is 2. The highest BCUT2D eigenvalue weighted by Crippen LogP contribution is 2.30. The molecular formula is C5H4O5. The third-order valence-corrected chi connectivity index (χ3v) is 0.952. The van der Waals surface area contributed by atoms with E-state index in [9.17, 15) is 4.79 Å². The maximum absolute atomic E-state index is 10.0. The number of rotatable bonds is 2. The number of furan rings is 1. The number of carbonyl (C=O) groups is 1. The van der Waals surface area contributed by atoms with Crippen LogP contribution >= 0.6 is 0 Å². The predicted octanol–water partition coefficient (Wildman–Crippen LogP) is 0.649. The van der Waals surface area contributed by atoms with Gasteiger partial charge in [-0.3, -0.25) is 4.79 Å². The molecule has 10 heavy (non-hydrogen) atoms. The fourth-order valence-electron chi connectivity index (χ4n) is 0.526. The summed E-state index contributed by atoms with van der Waals surface area (Å²) in [6, 6.07) is 0. The highest BCUT2D eigenvalue weighted by atomic mass is 17.1. The topological polar surface area (TPSA) is 79.9 Å². The van der Waals surface area contributed by atoms with Gasteiger partial charge >= 0.3 is 0 Å². The van der Waals surface area contributed by atoms with Crippen LogP contribution in [-0.2, 0) is 0 Å². The minimum Gasteiger partial charge on any atom is -0.502 e. The van der Waals surface area contributed by atoms with Gasteiger partial charge in [0.15, 0.2) is 6.29 Å². The molecule has 0 aliphatic heterocycles. The summed E-state index contributed by atoms with van der Waals surface area (Å²) >= 11 is 0. The average Bonchev–Trinajstić information content (AvgIpc) is 2.30. The summed E-state index contributed by atoms with van der Waals surface area (Å²) in [6.45, 7) is 0. The summed E-state index contributed by atoms with van der Waals surface area (Å²) in [5.74, 6) is -1.03. The monoisotopic (exact) mass is 144 g/mol. The minimum absolute atomic E-state index is 0.250. The van der Waals surface area contributed by atoms with E-state index in [4.69, 9.17) is 10.4 Å². The predicted molar refractivity (Wildman–Crippen MR) is 29.0 cm³/mol. The first-order chi connectivity index (χ1) is 4.79. The Balaban J connectivity index is 3.12. The van der Waals surface area contributed by atoms with Gasteiger partial charge in [0.25, 0.3) is 5.75 Å². The van der Waals surface area contributed by atoms with E-state index in [1.165, 1.54) is 0 Å². The maximum atomic E-state index is 10.0. The lowest BCUT2D eigenvalue weighted by molar-refractivity contribution is -0.139. The Morgan fingerprint density at radius 2 is 2.40 bits per heavy atom. The van der Waals surface area contributed by atoms with Crippen molar-refractivity contribution in [2.45, 2.75) is 0 Å². The molecule has 0 unspecified atom stereocenters. The summed E-state index contributed by atoms with van der Waals surface area (Å²) < 4.78 is 4.43. The molecule has 1 aromatic heterocycles. The van der Waals surface area contributed by atoms with Gasteiger partial charge in [0.2, 0.25) is 11.5 Å². The van der Waals surface area contributed by atoms with Crippen molar-refractivity contribution in [3.8, 4) is 11.5 Å². The molecule has 0 saturated heterocycles. The van der Waals surface area contributed by atoms with E-state index < -0.39 is 5.75 Å². The Bertz CT molecular complexity index is 238. The second-order valence-electron chi connectivity index (χ2n) is 1.52.